The summed E-state index contributed by atoms with van der Waals surface area (Å²) < 4.78 is 7.85. The SMILES string of the molecule is O=C(OC[C@H]1CCCN2CCCC[C@@H]12)c1nn2cc(Br)cnc2c1Cl. The van der Waals surface area contributed by atoms with Crippen LogP contribution in [-0.2, 0) is 4.74 Å². The number of esters is 1. The van der Waals surface area contributed by atoms with Crippen LogP contribution in [0, 0.1) is 5.92 Å². The summed E-state index contributed by atoms with van der Waals surface area (Å²) in [4.78, 5) is 19.2. The fourth-order valence-electron chi connectivity index (χ4n) is 4.04. The van der Waals surface area contributed by atoms with E-state index in [1.54, 1.807) is 12.4 Å². The summed E-state index contributed by atoms with van der Waals surface area (Å²) in [5.41, 5.74) is 0.580. The summed E-state index contributed by atoms with van der Waals surface area (Å²) in [7, 11) is 0. The van der Waals surface area contributed by atoms with Gasteiger partial charge in [-0.25, -0.2) is 14.3 Å². The molecule has 6 nitrogen and oxygen atoms in total. The molecule has 25 heavy (non-hydrogen) atoms. The molecule has 134 valence electrons. The topological polar surface area (TPSA) is 59.7 Å². The van der Waals surface area contributed by atoms with E-state index in [4.69, 9.17) is 16.3 Å². The summed E-state index contributed by atoms with van der Waals surface area (Å²) in [6.07, 6.45) is 9.37. The number of carbonyl (C=O) groups excluding carboxylic acids is 1. The number of ether oxygens (including phenoxy) is 1. The molecule has 0 unspecified atom stereocenters. The molecule has 8 heteroatoms. The number of carbonyl (C=O) groups is 1. The summed E-state index contributed by atoms with van der Waals surface area (Å²) >= 11 is 9.60. The number of fused-ring (bicyclic) bond motifs is 2. The molecule has 0 radical (unpaired) electrons. The van der Waals surface area contributed by atoms with E-state index in [-0.39, 0.29) is 10.7 Å². The van der Waals surface area contributed by atoms with E-state index < -0.39 is 5.97 Å². The quantitative estimate of drug-likeness (QED) is 0.701. The number of hydrogen-bond acceptors (Lipinski definition) is 5. The third-order valence-electron chi connectivity index (χ3n) is 5.24. The molecule has 2 aliphatic rings. The van der Waals surface area contributed by atoms with E-state index >= 15 is 0 Å². The van der Waals surface area contributed by atoms with Gasteiger partial charge in [0.05, 0.1) is 11.1 Å². The first-order valence-electron chi connectivity index (χ1n) is 8.74. The van der Waals surface area contributed by atoms with Gasteiger partial charge in [-0.2, -0.15) is 5.10 Å². The van der Waals surface area contributed by atoms with E-state index in [9.17, 15) is 4.79 Å². The molecular formula is C17H20BrClN4O2. The van der Waals surface area contributed by atoms with Gasteiger partial charge in [-0.05, 0) is 54.7 Å². The Morgan fingerprint density at radius 2 is 2.16 bits per heavy atom. The fourth-order valence-corrected chi connectivity index (χ4v) is 4.58. The summed E-state index contributed by atoms with van der Waals surface area (Å²) in [5.74, 6) is -0.0689. The zero-order valence-electron chi connectivity index (χ0n) is 13.8. The van der Waals surface area contributed by atoms with Crippen LogP contribution in [0.4, 0.5) is 0 Å². The molecule has 2 aliphatic heterocycles. The Morgan fingerprint density at radius 3 is 3.04 bits per heavy atom. The number of piperidine rings is 2. The minimum atomic E-state index is -0.473. The maximum Gasteiger partial charge on any atom is 0.360 e. The first-order chi connectivity index (χ1) is 12.1. The van der Waals surface area contributed by atoms with Gasteiger partial charge in [-0.1, -0.05) is 18.0 Å². The van der Waals surface area contributed by atoms with Crippen molar-refractivity contribution in [3.63, 3.8) is 0 Å². The predicted molar refractivity (Wildman–Crippen MR) is 97.9 cm³/mol. The molecular weight excluding hydrogens is 408 g/mol. The van der Waals surface area contributed by atoms with Crippen LogP contribution in [0.2, 0.25) is 5.02 Å². The molecule has 2 aromatic rings. The summed E-state index contributed by atoms with van der Waals surface area (Å²) in [5, 5.41) is 4.46. The van der Waals surface area contributed by atoms with Gasteiger partial charge in [0.15, 0.2) is 11.3 Å². The predicted octanol–water partition coefficient (Wildman–Crippen LogP) is 3.57. The molecule has 0 aliphatic carbocycles. The van der Waals surface area contributed by atoms with Crippen LogP contribution >= 0.6 is 27.5 Å². The average molecular weight is 428 g/mol. The van der Waals surface area contributed by atoms with Gasteiger partial charge >= 0.3 is 5.97 Å². The Bertz CT molecular complexity index is 794. The normalized spacial score (nSPS) is 24.2. The average Bonchev–Trinajstić information content (AvgIpc) is 2.95. The highest BCUT2D eigenvalue weighted by Gasteiger charge is 2.34. The van der Waals surface area contributed by atoms with Crippen molar-refractivity contribution < 1.29 is 9.53 Å². The minimum absolute atomic E-state index is 0.128. The molecule has 0 amide bonds. The molecule has 0 N–H and O–H groups in total. The molecule has 2 saturated heterocycles. The first kappa shape index (κ1) is 17.2. The molecule has 2 aromatic heterocycles. The standard InChI is InChI=1S/C17H20BrClN4O2/c18-12-8-20-16-14(19)15(21-23(16)9-12)17(24)25-10-11-4-3-7-22-6-2-1-5-13(11)22/h8-9,11,13H,1-7,10H2/t11-,13+/m1/s1. The van der Waals surface area contributed by atoms with Gasteiger partial charge < -0.3 is 4.74 Å². The highest BCUT2D eigenvalue weighted by atomic mass is 79.9. The smallest absolute Gasteiger partial charge is 0.360 e. The lowest BCUT2D eigenvalue weighted by atomic mass is 9.84. The molecule has 4 rings (SSSR count). The molecule has 2 fully saturated rings. The largest absolute Gasteiger partial charge is 0.461 e. The van der Waals surface area contributed by atoms with Gasteiger partial charge in [0, 0.05) is 24.4 Å². The van der Waals surface area contributed by atoms with Crippen molar-refractivity contribution in [1.29, 1.82) is 0 Å². The van der Waals surface area contributed by atoms with Crippen molar-refractivity contribution >= 4 is 39.1 Å². The van der Waals surface area contributed by atoms with Crippen LogP contribution in [0.15, 0.2) is 16.9 Å². The van der Waals surface area contributed by atoms with E-state index in [1.807, 2.05) is 0 Å². The van der Waals surface area contributed by atoms with E-state index in [1.165, 1.54) is 43.3 Å². The van der Waals surface area contributed by atoms with E-state index in [0.29, 0.717) is 24.2 Å². The molecule has 4 heterocycles. The number of nitrogens with zero attached hydrogens (tertiary/aromatic N) is 4. The van der Waals surface area contributed by atoms with Crippen molar-refractivity contribution in [1.82, 2.24) is 19.5 Å². The van der Waals surface area contributed by atoms with Crippen molar-refractivity contribution in [2.45, 2.75) is 38.1 Å². The zero-order chi connectivity index (χ0) is 17.4. The van der Waals surface area contributed by atoms with Gasteiger partial charge in [0.25, 0.3) is 0 Å². The molecule has 0 aromatic carbocycles. The third-order valence-corrected chi connectivity index (χ3v) is 5.99. The number of rotatable bonds is 3. The van der Waals surface area contributed by atoms with Crippen LogP contribution in [-0.4, -0.2) is 51.2 Å². The summed E-state index contributed by atoms with van der Waals surface area (Å²) in [6, 6.07) is 0.546. The second kappa shape index (κ2) is 7.21. The Kier molecular flexibility index (Phi) is 4.97. The number of halogens is 2. The zero-order valence-corrected chi connectivity index (χ0v) is 16.2. The molecule has 0 saturated carbocycles. The van der Waals surface area contributed by atoms with Gasteiger partial charge in [0.2, 0.25) is 0 Å². The van der Waals surface area contributed by atoms with Crippen LogP contribution in [0.1, 0.15) is 42.6 Å². The number of hydrogen-bond donors (Lipinski definition) is 0. The lowest BCUT2D eigenvalue weighted by Crippen LogP contribution is -2.49. The maximum atomic E-state index is 12.5. The summed E-state index contributed by atoms with van der Waals surface area (Å²) in [6.45, 7) is 2.78. The Balaban J connectivity index is 1.46. The van der Waals surface area contributed by atoms with Crippen molar-refractivity contribution in [3.05, 3.63) is 27.6 Å². The van der Waals surface area contributed by atoms with Crippen molar-refractivity contribution in [2.24, 2.45) is 5.92 Å². The van der Waals surface area contributed by atoms with Crippen LogP contribution in [0.3, 0.4) is 0 Å². The first-order valence-corrected chi connectivity index (χ1v) is 9.91. The monoisotopic (exact) mass is 426 g/mol. The second-order valence-corrected chi connectivity index (χ2v) is 8.10. The van der Waals surface area contributed by atoms with Crippen molar-refractivity contribution in [2.75, 3.05) is 19.7 Å². The fraction of sp³-hybridized carbons (Fsp3) is 0.588. The highest BCUT2D eigenvalue weighted by molar-refractivity contribution is 9.10. The van der Waals surface area contributed by atoms with Gasteiger partial charge in [-0.3, -0.25) is 4.90 Å². The van der Waals surface area contributed by atoms with Crippen LogP contribution in [0.5, 0.6) is 0 Å². The Morgan fingerprint density at radius 1 is 1.32 bits per heavy atom. The lowest BCUT2D eigenvalue weighted by Gasteiger charge is -2.44. The van der Waals surface area contributed by atoms with Gasteiger partial charge in [-0.15, -0.1) is 0 Å². The highest BCUT2D eigenvalue weighted by Crippen LogP contribution is 2.31. The Labute approximate surface area is 159 Å². The van der Waals surface area contributed by atoms with Crippen LogP contribution < -0.4 is 0 Å². The molecule has 2 atom stereocenters. The maximum absolute atomic E-state index is 12.5. The molecule has 0 bridgehead atoms. The van der Waals surface area contributed by atoms with Gasteiger partial charge in [0.1, 0.15) is 5.02 Å². The minimum Gasteiger partial charge on any atom is -0.461 e. The van der Waals surface area contributed by atoms with E-state index in [2.05, 4.69) is 30.9 Å². The van der Waals surface area contributed by atoms with Crippen molar-refractivity contribution in [3.8, 4) is 0 Å². The molecule has 0 spiro atoms. The Hall–Kier alpha value is -1.18. The van der Waals surface area contributed by atoms with E-state index in [0.717, 1.165) is 10.9 Å². The second-order valence-electron chi connectivity index (χ2n) is 6.80. The van der Waals surface area contributed by atoms with Crippen LogP contribution in [0.25, 0.3) is 5.65 Å². The number of aromatic nitrogens is 3. The lowest BCUT2D eigenvalue weighted by molar-refractivity contribution is 0.00701. The third kappa shape index (κ3) is 3.41.